The molecule has 1 heterocycles. The Morgan fingerprint density at radius 1 is 0.671 bits per heavy atom. The van der Waals surface area contributed by atoms with Crippen LogP contribution in [0.1, 0.15) is 156 Å². The van der Waals surface area contributed by atoms with Gasteiger partial charge in [0.1, 0.15) is 12.1 Å². The molecule has 0 radical (unpaired) electrons. The van der Waals surface area contributed by atoms with E-state index in [2.05, 4.69) is 26.6 Å². The van der Waals surface area contributed by atoms with Crippen molar-refractivity contribution in [1.82, 2.24) is 31.2 Å². The molecule has 1 aliphatic rings. The number of aliphatic carboxylic acids is 3. The van der Waals surface area contributed by atoms with Crippen molar-refractivity contribution in [2.24, 2.45) is 22.7 Å². The van der Waals surface area contributed by atoms with Gasteiger partial charge in [0.05, 0.1) is 32.8 Å². The van der Waals surface area contributed by atoms with Crippen LogP contribution >= 0.6 is 0 Å². The average molecular weight is 1040 g/mol. The summed E-state index contributed by atoms with van der Waals surface area (Å²) in [6, 6.07) is -1.03. The molecule has 0 bridgehead atoms. The molecule has 3 atom stereocenters. The van der Waals surface area contributed by atoms with E-state index in [4.69, 9.17) is 19.3 Å². The largest absolute Gasteiger partial charge is 0.494 e. The van der Waals surface area contributed by atoms with Crippen LogP contribution in [-0.4, -0.2) is 149 Å². The van der Waals surface area contributed by atoms with Gasteiger partial charge in [-0.25, -0.2) is 4.79 Å². The lowest BCUT2D eigenvalue weighted by Crippen LogP contribution is -2.48. The Morgan fingerprint density at radius 2 is 1.23 bits per heavy atom. The number of amides is 5. The molecular formula is C51H86N6O16. The maximum absolute atomic E-state index is 13.1. The van der Waals surface area contributed by atoms with Crippen LogP contribution in [0.3, 0.4) is 0 Å². The fourth-order valence-corrected chi connectivity index (χ4v) is 8.38. The summed E-state index contributed by atoms with van der Waals surface area (Å²) in [7, 11) is 0. The number of ether oxygens (including phenoxy) is 3. The minimum atomic E-state index is -1.37. The van der Waals surface area contributed by atoms with Crippen molar-refractivity contribution in [2.75, 3.05) is 59.3 Å². The maximum Gasteiger partial charge on any atom is 0.326 e. The predicted molar refractivity (Wildman–Crippen MR) is 269 cm³/mol. The molecular weight excluding hydrogens is 953 g/mol. The van der Waals surface area contributed by atoms with Gasteiger partial charge in [0.2, 0.25) is 29.5 Å². The van der Waals surface area contributed by atoms with Crippen molar-refractivity contribution in [3.63, 3.8) is 0 Å². The molecule has 0 spiro atoms. The van der Waals surface area contributed by atoms with Gasteiger partial charge in [0.25, 0.3) is 0 Å². The molecule has 0 aromatic carbocycles. The summed E-state index contributed by atoms with van der Waals surface area (Å²) in [6.45, 7) is 14.9. The molecule has 22 nitrogen and oxygen atoms in total. The second-order valence-corrected chi connectivity index (χ2v) is 20.8. The van der Waals surface area contributed by atoms with Crippen LogP contribution in [0.5, 0.6) is 11.8 Å². The molecule has 1 saturated carbocycles. The van der Waals surface area contributed by atoms with E-state index in [1.807, 2.05) is 41.5 Å². The van der Waals surface area contributed by atoms with Crippen LogP contribution in [0, 0.1) is 22.7 Å². The number of aromatic hydroxyl groups is 2. The molecule has 10 N–H and O–H groups in total. The maximum atomic E-state index is 13.1. The minimum Gasteiger partial charge on any atom is -0.494 e. The zero-order valence-electron chi connectivity index (χ0n) is 44.0. The molecule has 0 saturated heterocycles. The molecule has 0 aliphatic heterocycles. The number of hydrogen-bond donors (Lipinski definition) is 10. The van der Waals surface area contributed by atoms with Crippen LogP contribution < -0.4 is 26.6 Å². The monoisotopic (exact) mass is 1040 g/mol. The Kier molecular flexibility index (Phi) is 29.1. The number of nitrogens with zero attached hydrogens (tertiary/aromatic N) is 1. The molecule has 1 aromatic rings. The lowest BCUT2D eigenvalue weighted by Gasteiger charge is -2.31. The number of carbonyl (C=O) groups excluding carboxylic acids is 5. The van der Waals surface area contributed by atoms with Gasteiger partial charge in [-0.1, -0.05) is 41.5 Å². The summed E-state index contributed by atoms with van der Waals surface area (Å²) < 4.78 is 17.9. The molecule has 3 unspecified atom stereocenters. The second kappa shape index (κ2) is 33.4. The van der Waals surface area contributed by atoms with E-state index in [9.17, 15) is 58.8 Å². The van der Waals surface area contributed by atoms with Crippen LogP contribution in [0.25, 0.3) is 0 Å². The molecule has 1 fully saturated rings. The highest BCUT2D eigenvalue weighted by molar-refractivity contribution is 5.89. The van der Waals surface area contributed by atoms with Crippen molar-refractivity contribution in [3.05, 3.63) is 11.6 Å². The third-order valence-electron chi connectivity index (χ3n) is 13.2. The molecule has 5 amide bonds. The highest BCUT2D eigenvalue weighted by Gasteiger charge is 2.32. The normalized spacial score (nSPS) is 16.1. The summed E-state index contributed by atoms with van der Waals surface area (Å²) in [5.74, 6) is -5.70. The number of carboxylic acids is 3. The summed E-state index contributed by atoms with van der Waals surface area (Å²) in [6.07, 6.45) is 4.69. The molecule has 1 aliphatic carbocycles. The average Bonchev–Trinajstić information content (AvgIpc) is 3.61. The first-order valence-electron chi connectivity index (χ1n) is 25.8. The topological polar surface area (TPSA) is 330 Å². The van der Waals surface area contributed by atoms with Gasteiger partial charge in [0.15, 0.2) is 11.8 Å². The number of hydrogen-bond acceptors (Lipinski definition) is 13. The molecule has 2 rings (SSSR count). The fraction of sp³-hybridized carbons (Fsp3) is 0.765. The van der Waals surface area contributed by atoms with Crippen LogP contribution in [-0.2, 0) is 59.1 Å². The van der Waals surface area contributed by atoms with Crippen molar-refractivity contribution in [1.29, 1.82) is 0 Å². The van der Waals surface area contributed by atoms with E-state index in [-0.39, 0.29) is 105 Å². The van der Waals surface area contributed by atoms with Gasteiger partial charge in [-0.15, -0.1) is 0 Å². The van der Waals surface area contributed by atoms with Crippen LogP contribution in [0.2, 0.25) is 0 Å². The Morgan fingerprint density at radius 3 is 1.79 bits per heavy atom. The van der Waals surface area contributed by atoms with Crippen molar-refractivity contribution in [2.45, 2.75) is 169 Å². The Balaban J connectivity index is 1.59. The molecule has 22 heteroatoms. The van der Waals surface area contributed by atoms with Gasteiger partial charge in [0, 0.05) is 82.6 Å². The SMILES string of the molecule is CCC(C)c1cc(O)n(CCC(=O)NCCCOCCOCCOCCCNC(=O)C(CCC(=O)O)NC(=O)CCC(NC(=O)C2CCC(CNC(=O)CC(C)(C)CCC(C)(C)CC(=O)O)CC2)C(=O)O)c1O. The highest BCUT2D eigenvalue weighted by Crippen LogP contribution is 2.36. The van der Waals surface area contributed by atoms with Crippen LogP contribution in [0.15, 0.2) is 6.07 Å². The summed E-state index contributed by atoms with van der Waals surface area (Å²) in [4.78, 5) is 98.6. The zero-order valence-corrected chi connectivity index (χ0v) is 44.0. The Labute approximate surface area is 429 Å². The first kappa shape index (κ1) is 63.6. The van der Waals surface area contributed by atoms with E-state index >= 15 is 0 Å². The van der Waals surface area contributed by atoms with E-state index in [0.29, 0.717) is 103 Å². The van der Waals surface area contributed by atoms with E-state index in [0.717, 1.165) is 6.42 Å². The van der Waals surface area contributed by atoms with E-state index < -0.39 is 60.1 Å². The van der Waals surface area contributed by atoms with Crippen LogP contribution in [0.4, 0.5) is 0 Å². The highest BCUT2D eigenvalue weighted by atomic mass is 16.5. The molecule has 73 heavy (non-hydrogen) atoms. The quantitative estimate of drug-likeness (QED) is 0.0414. The minimum absolute atomic E-state index is 0.0212. The van der Waals surface area contributed by atoms with Crippen molar-refractivity contribution in [3.8, 4) is 11.8 Å². The third kappa shape index (κ3) is 26.9. The van der Waals surface area contributed by atoms with Gasteiger partial charge in [-0.05, 0) is 93.3 Å². The third-order valence-corrected chi connectivity index (χ3v) is 13.2. The fourth-order valence-electron chi connectivity index (χ4n) is 8.38. The van der Waals surface area contributed by atoms with Crippen molar-refractivity contribution >= 4 is 47.4 Å². The number of carboxylic acid groups (broad SMARTS) is 3. The van der Waals surface area contributed by atoms with Gasteiger partial charge in [-0.3, -0.25) is 38.1 Å². The first-order chi connectivity index (χ1) is 34.4. The Bertz CT molecular complexity index is 1910. The number of carbonyl (C=O) groups is 8. The number of rotatable bonds is 39. The van der Waals surface area contributed by atoms with E-state index in [1.165, 1.54) is 10.6 Å². The molecule has 1 aromatic heterocycles. The predicted octanol–water partition coefficient (Wildman–Crippen LogP) is 4.18. The van der Waals surface area contributed by atoms with Gasteiger partial charge >= 0.3 is 17.9 Å². The number of nitrogens with one attached hydrogen (secondary N) is 5. The second-order valence-electron chi connectivity index (χ2n) is 20.8. The van der Waals surface area contributed by atoms with Gasteiger partial charge < -0.3 is 66.3 Å². The summed E-state index contributed by atoms with van der Waals surface area (Å²) in [5.41, 5.74) is -0.0435. The summed E-state index contributed by atoms with van der Waals surface area (Å²) >= 11 is 0. The van der Waals surface area contributed by atoms with E-state index in [1.54, 1.807) is 0 Å². The number of aromatic nitrogens is 1. The molecule has 416 valence electrons. The standard InChI is InChI=1S/C51H86N6O16/c1-7-34(2)37-30-43(61)57(48(37)68)23-18-40(58)52-21-8-24-71-26-28-73-29-27-72-25-9-22-53-47(67)38(15-17-44(62)63)55-41(59)16-14-39(49(69)70)56-46(66)36-12-10-35(11-13-36)33-54-42(60)31-50(3,4)19-20-51(5,6)32-45(64)65/h30,34-36,38-39,61,68H,7-29,31-33H2,1-6H3,(H,52,58)(H,53,67)(H,54,60)(H,55,59)(H,56,66)(H,62,63)(H,64,65)(H,69,70). The van der Waals surface area contributed by atoms with Crippen molar-refractivity contribution < 1.29 is 78.1 Å². The van der Waals surface area contributed by atoms with Gasteiger partial charge in [-0.2, -0.15) is 0 Å². The lowest BCUT2D eigenvalue weighted by atomic mass is 9.76. The Hall–Kier alpha value is -5.48. The smallest absolute Gasteiger partial charge is 0.326 e. The summed E-state index contributed by atoms with van der Waals surface area (Å²) in [5, 5.41) is 62.3. The lowest BCUT2D eigenvalue weighted by molar-refractivity contribution is -0.143. The first-order valence-corrected chi connectivity index (χ1v) is 25.8. The zero-order chi connectivity index (χ0) is 54.6.